The summed E-state index contributed by atoms with van der Waals surface area (Å²) in [6.45, 7) is 0.249. The van der Waals surface area contributed by atoms with Gasteiger partial charge in [0.15, 0.2) is 11.4 Å². The second kappa shape index (κ2) is 10.3. The molecule has 2 aromatic carbocycles. The Balaban J connectivity index is 1.57. The van der Waals surface area contributed by atoms with Crippen LogP contribution >= 0.6 is 0 Å². The molecule has 0 radical (unpaired) electrons. The standard InChI is InChI=1S/C30H29F3N2O7/c1-35(8-7-14-5-3-2-4-6-14)13-16-11-19(36)22-18(24(16)30(31,32)33)10-15-9-17-12-20(37)23(28(34)41)27(40)29(17,42)26(39)21(15)25(22)38/h2-6,11,15,17,36,38,40,42H,7-10,12-13H2,1H3,(H2,34,41)/t15?,17-,29-/m0/s1. The van der Waals surface area contributed by atoms with Crippen molar-refractivity contribution in [2.45, 2.75) is 44.0 Å². The topological polar surface area (TPSA) is 161 Å². The number of nitrogens with two attached hydrogens (primary N) is 1. The summed E-state index contributed by atoms with van der Waals surface area (Å²) in [5.74, 6) is -8.80. The molecule has 0 aliphatic heterocycles. The first-order chi connectivity index (χ1) is 19.7. The summed E-state index contributed by atoms with van der Waals surface area (Å²) in [5.41, 5.74) is -0.323. The van der Waals surface area contributed by atoms with Crippen molar-refractivity contribution in [2.75, 3.05) is 13.6 Å². The first kappa shape index (κ1) is 29.3. The molecular weight excluding hydrogens is 557 g/mol. The number of halogens is 3. The number of aromatic hydroxyl groups is 1. The molecule has 6 N–H and O–H groups in total. The summed E-state index contributed by atoms with van der Waals surface area (Å²) in [4.78, 5) is 39.5. The molecule has 0 bridgehead atoms. The van der Waals surface area contributed by atoms with Gasteiger partial charge in [0.1, 0.15) is 22.8 Å². The summed E-state index contributed by atoms with van der Waals surface area (Å²) in [6, 6.07) is 10.3. The van der Waals surface area contributed by atoms with E-state index >= 15 is 0 Å². The molecule has 222 valence electrons. The Kier molecular flexibility index (Phi) is 7.18. The number of phenols is 1. The number of hydrogen-bond donors (Lipinski definition) is 5. The molecule has 42 heavy (non-hydrogen) atoms. The molecule has 5 rings (SSSR count). The number of aliphatic hydroxyl groups excluding tert-OH is 2. The molecule has 0 saturated heterocycles. The number of amides is 1. The van der Waals surface area contributed by atoms with Crippen molar-refractivity contribution >= 4 is 23.2 Å². The fraction of sp³-hybridized carbons (Fsp3) is 0.367. The van der Waals surface area contributed by atoms with Gasteiger partial charge in [-0.05, 0) is 55.0 Å². The first-order valence-corrected chi connectivity index (χ1v) is 13.3. The number of alkyl halides is 3. The highest BCUT2D eigenvalue weighted by molar-refractivity contribution is 6.22. The van der Waals surface area contributed by atoms with E-state index in [2.05, 4.69) is 0 Å². The summed E-state index contributed by atoms with van der Waals surface area (Å²) in [7, 11) is 1.65. The van der Waals surface area contributed by atoms with Crippen LogP contribution in [0.5, 0.6) is 5.75 Å². The fourth-order valence-corrected chi connectivity index (χ4v) is 6.57. The minimum atomic E-state index is -4.89. The minimum absolute atomic E-state index is 0.172. The minimum Gasteiger partial charge on any atom is -0.508 e. The SMILES string of the molecule is CN(CCc1ccccc1)Cc1cc(O)c2c(c1C(F)(F)F)CC1C[C@H]3CC(=O)C(C(N)=O)=C(O)[C@@]3(O)C(=O)C1=C2O. The van der Waals surface area contributed by atoms with Gasteiger partial charge < -0.3 is 31.1 Å². The Hall–Kier alpha value is -4.16. The van der Waals surface area contributed by atoms with Crippen molar-refractivity contribution < 1.29 is 48.0 Å². The molecule has 1 saturated carbocycles. The third-order valence-corrected chi connectivity index (χ3v) is 8.50. The Morgan fingerprint density at radius 2 is 1.79 bits per heavy atom. The average molecular weight is 587 g/mol. The number of benzene rings is 2. The van der Waals surface area contributed by atoms with E-state index in [-0.39, 0.29) is 18.5 Å². The highest BCUT2D eigenvalue weighted by Crippen LogP contribution is 2.54. The number of carbonyl (C=O) groups excluding carboxylic acids is 3. The molecule has 0 spiro atoms. The van der Waals surface area contributed by atoms with Gasteiger partial charge in [-0.2, -0.15) is 13.2 Å². The zero-order valence-electron chi connectivity index (χ0n) is 22.5. The van der Waals surface area contributed by atoms with E-state index < -0.39 is 99.0 Å². The van der Waals surface area contributed by atoms with Gasteiger partial charge in [0.2, 0.25) is 5.78 Å². The van der Waals surface area contributed by atoms with Crippen molar-refractivity contribution in [3.63, 3.8) is 0 Å². The number of primary amides is 1. The lowest BCUT2D eigenvalue weighted by atomic mass is 9.59. The van der Waals surface area contributed by atoms with Crippen LogP contribution < -0.4 is 5.73 Å². The number of rotatable bonds is 6. The average Bonchev–Trinajstić information content (AvgIpc) is 2.89. The second-order valence-electron chi connectivity index (χ2n) is 11.2. The Morgan fingerprint density at radius 1 is 1.12 bits per heavy atom. The van der Waals surface area contributed by atoms with Crippen molar-refractivity contribution in [1.29, 1.82) is 0 Å². The number of likely N-dealkylation sites (N-methyl/N-ethyl adjacent to an activating group) is 1. The zero-order valence-corrected chi connectivity index (χ0v) is 22.5. The summed E-state index contributed by atoms with van der Waals surface area (Å²) in [6.07, 6.45) is -5.57. The van der Waals surface area contributed by atoms with Crippen LogP contribution in [0.4, 0.5) is 13.2 Å². The van der Waals surface area contributed by atoms with Gasteiger partial charge in [0.25, 0.3) is 5.91 Å². The van der Waals surface area contributed by atoms with Crippen LogP contribution in [0.25, 0.3) is 5.76 Å². The predicted octanol–water partition coefficient (Wildman–Crippen LogP) is 3.12. The molecule has 3 aliphatic carbocycles. The molecule has 1 amide bonds. The van der Waals surface area contributed by atoms with Crippen molar-refractivity contribution in [3.05, 3.63) is 81.1 Å². The highest BCUT2D eigenvalue weighted by atomic mass is 19.4. The monoisotopic (exact) mass is 586 g/mol. The number of ketones is 2. The maximum absolute atomic E-state index is 14.6. The lowest BCUT2D eigenvalue weighted by Gasteiger charge is -2.46. The fourth-order valence-electron chi connectivity index (χ4n) is 6.57. The smallest absolute Gasteiger partial charge is 0.417 e. The van der Waals surface area contributed by atoms with E-state index in [9.17, 15) is 48.0 Å². The van der Waals surface area contributed by atoms with E-state index in [1.54, 1.807) is 11.9 Å². The summed E-state index contributed by atoms with van der Waals surface area (Å²) in [5, 5.41) is 43.9. The van der Waals surface area contributed by atoms with E-state index in [0.29, 0.717) is 13.0 Å². The first-order valence-electron chi connectivity index (χ1n) is 13.3. The van der Waals surface area contributed by atoms with Gasteiger partial charge in [-0.15, -0.1) is 0 Å². The number of nitrogens with zero attached hydrogens (tertiary/aromatic N) is 1. The van der Waals surface area contributed by atoms with E-state index in [0.717, 1.165) is 11.6 Å². The van der Waals surface area contributed by atoms with Gasteiger partial charge >= 0.3 is 6.18 Å². The highest BCUT2D eigenvalue weighted by Gasteiger charge is 2.60. The lowest BCUT2D eigenvalue weighted by molar-refractivity contribution is -0.147. The molecule has 1 unspecified atom stereocenters. The maximum Gasteiger partial charge on any atom is 0.417 e. The molecular formula is C30H29F3N2O7. The van der Waals surface area contributed by atoms with Crippen LogP contribution in [-0.2, 0) is 39.9 Å². The third-order valence-electron chi connectivity index (χ3n) is 8.50. The second-order valence-corrected chi connectivity index (χ2v) is 11.2. The number of fused-ring (bicyclic) bond motifs is 3. The Morgan fingerprint density at radius 3 is 2.40 bits per heavy atom. The molecule has 12 heteroatoms. The van der Waals surface area contributed by atoms with Crippen LogP contribution in [0.1, 0.15) is 40.7 Å². The molecule has 3 atom stereocenters. The summed E-state index contributed by atoms with van der Waals surface area (Å²) >= 11 is 0. The van der Waals surface area contributed by atoms with Crippen molar-refractivity contribution in [3.8, 4) is 5.75 Å². The van der Waals surface area contributed by atoms with E-state index in [4.69, 9.17) is 5.73 Å². The molecule has 1 fully saturated rings. The van der Waals surface area contributed by atoms with Crippen LogP contribution in [0.2, 0.25) is 0 Å². The van der Waals surface area contributed by atoms with Crippen molar-refractivity contribution in [1.82, 2.24) is 4.90 Å². The van der Waals surface area contributed by atoms with Gasteiger partial charge in [-0.3, -0.25) is 14.4 Å². The summed E-state index contributed by atoms with van der Waals surface area (Å²) < 4.78 is 43.8. The van der Waals surface area contributed by atoms with E-state index in [1.807, 2.05) is 30.3 Å². The number of phenolic OH excluding ortho intramolecular Hbond substituents is 1. The Bertz CT molecular complexity index is 1560. The van der Waals surface area contributed by atoms with Crippen LogP contribution in [-0.4, -0.2) is 62.0 Å². The van der Waals surface area contributed by atoms with Gasteiger partial charge in [-0.25, -0.2) is 0 Å². The maximum atomic E-state index is 14.6. The van der Waals surface area contributed by atoms with Gasteiger partial charge in [0.05, 0.1) is 11.1 Å². The number of hydrogen-bond acceptors (Lipinski definition) is 8. The van der Waals surface area contributed by atoms with Crippen LogP contribution in [0.3, 0.4) is 0 Å². The molecule has 2 aromatic rings. The number of aliphatic hydroxyl groups is 3. The lowest BCUT2D eigenvalue weighted by Crippen LogP contribution is -2.58. The van der Waals surface area contributed by atoms with Crippen LogP contribution in [0, 0.1) is 11.8 Å². The molecule has 9 nitrogen and oxygen atoms in total. The molecule has 0 heterocycles. The largest absolute Gasteiger partial charge is 0.508 e. The zero-order chi connectivity index (χ0) is 30.7. The molecule has 3 aliphatic rings. The van der Waals surface area contributed by atoms with Gasteiger partial charge in [-0.1, -0.05) is 30.3 Å². The van der Waals surface area contributed by atoms with E-state index in [1.165, 1.54) is 0 Å². The number of Topliss-reactive ketones (excluding diaryl/α,β-unsaturated/α-hetero) is 2. The van der Waals surface area contributed by atoms with Crippen molar-refractivity contribution in [2.24, 2.45) is 17.6 Å². The Labute approximate surface area is 238 Å². The normalized spacial score (nSPS) is 24.0. The predicted molar refractivity (Wildman–Crippen MR) is 143 cm³/mol. The quantitative estimate of drug-likeness (QED) is 0.323. The molecule has 0 aromatic heterocycles. The third kappa shape index (κ3) is 4.64. The van der Waals surface area contributed by atoms with Gasteiger partial charge in [0, 0.05) is 31.0 Å². The number of carbonyl (C=O) groups is 3. The van der Waals surface area contributed by atoms with Crippen LogP contribution in [0.15, 0.2) is 53.3 Å².